The molecule has 0 atom stereocenters. The van der Waals surface area contributed by atoms with Gasteiger partial charge in [-0.05, 0) is 36.4 Å². The van der Waals surface area contributed by atoms with Crippen LogP contribution in [0.2, 0.25) is 0 Å². The SMILES string of the molecule is CC(C)CCN1CC=C(c2ccccc2)CC1. The molecule has 0 aliphatic carbocycles. The Hall–Kier alpha value is -1.08. The van der Waals surface area contributed by atoms with Gasteiger partial charge in [-0.15, -0.1) is 0 Å². The first-order valence-electron chi connectivity index (χ1n) is 6.72. The molecule has 2 rings (SSSR count). The van der Waals surface area contributed by atoms with E-state index >= 15 is 0 Å². The lowest BCUT2D eigenvalue weighted by molar-refractivity contribution is 0.282. The molecule has 1 aromatic carbocycles. The fourth-order valence-electron chi connectivity index (χ4n) is 2.27. The van der Waals surface area contributed by atoms with Crippen molar-refractivity contribution in [3.05, 3.63) is 42.0 Å². The van der Waals surface area contributed by atoms with Crippen LogP contribution in [0, 0.1) is 5.92 Å². The molecule has 1 aliphatic heterocycles. The molecule has 1 heterocycles. The molecule has 1 nitrogen and oxygen atoms in total. The molecule has 0 bridgehead atoms. The third kappa shape index (κ3) is 3.71. The van der Waals surface area contributed by atoms with E-state index in [1.165, 1.54) is 37.1 Å². The van der Waals surface area contributed by atoms with Crippen molar-refractivity contribution in [2.75, 3.05) is 19.6 Å². The molecule has 0 fully saturated rings. The van der Waals surface area contributed by atoms with Gasteiger partial charge >= 0.3 is 0 Å². The Balaban J connectivity index is 1.89. The van der Waals surface area contributed by atoms with Gasteiger partial charge in [0.05, 0.1) is 0 Å². The van der Waals surface area contributed by atoms with Crippen LogP contribution in [0.4, 0.5) is 0 Å². The summed E-state index contributed by atoms with van der Waals surface area (Å²) >= 11 is 0. The number of hydrogen-bond donors (Lipinski definition) is 0. The first kappa shape index (κ1) is 12.4. The standard InChI is InChI=1S/C16H23N/c1-14(2)8-11-17-12-9-16(10-13-17)15-6-4-3-5-7-15/h3-7,9,14H,8,10-13H2,1-2H3. The molecule has 0 spiro atoms. The van der Waals surface area contributed by atoms with Crippen molar-refractivity contribution in [3.63, 3.8) is 0 Å². The Morgan fingerprint density at radius 2 is 1.94 bits per heavy atom. The molecular formula is C16H23N. The predicted molar refractivity (Wildman–Crippen MR) is 74.9 cm³/mol. The normalized spacial score (nSPS) is 17.2. The van der Waals surface area contributed by atoms with Gasteiger partial charge in [0.2, 0.25) is 0 Å². The van der Waals surface area contributed by atoms with Crippen LogP contribution >= 0.6 is 0 Å². The smallest absolute Gasteiger partial charge is 0.0169 e. The van der Waals surface area contributed by atoms with Gasteiger partial charge in [-0.25, -0.2) is 0 Å². The zero-order valence-electron chi connectivity index (χ0n) is 11.0. The fraction of sp³-hybridized carbons (Fsp3) is 0.500. The molecule has 0 radical (unpaired) electrons. The second kappa shape index (κ2) is 6.02. The summed E-state index contributed by atoms with van der Waals surface area (Å²) in [5.41, 5.74) is 2.92. The molecule has 0 saturated heterocycles. The highest BCUT2D eigenvalue weighted by Gasteiger charge is 2.12. The Bertz CT molecular complexity index is 364. The number of rotatable bonds is 4. The van der Waals surface area contributed by atoms with Crippen molar-refractivity contribution in [3.8, 4) is 0 Å². The minimum Gasteiger partial charge on any atom is -0.299 e. The summed E-state index contributed by atoms with van der Waals surface area (Å²) in [6, 6.07) is 10.8. The van der Waals surface area contributed by atoms with E-state index in [-0.39, 0.29) is 0 Å². The maximum absolute atomic E-state index is 2.56. The summed E-state index contributed by atoms with van der Waals surface area (Å²) in [5.74, 6) is 0.814. The van der Waals surface area contributed by atoms with Crippen molar-refractivity contribution in [1.29, 1.82) is 0 Å². The molecule has 17 heavy (non-hydrogen) atoms. The van der Waals surface area contributed by atoms with Crippen LogP contribution in [-0.2, 0) is 0 Å². The molecule has 0 saturated carbocycles. The Kier molecular flexibility index (Phi) is 4.38. The molecule has 1 aromatic rings. The van der Waals surface area contributed by atoms with Crippen LogP contribution in [-0.4, -0.2) is 24.5 Å². The van der Waals surface area contributed by atoms with Crippen molar-refractivity contribution < 1.29 is 0 Å². The number of benzene rings is 1. The summed E-state index contributed by atoms with van der Waals surface area (Å²) < 4.78 is 0. The van der Waals surface area contributed by atoms with Crippen LogP contribution in [0.25, 0.3) is 5.57 Å². The minimum atomic E-state index is 0.814. The first-order valence-corrected chi connectivity index (χ1v) is 6.72. The fourth-order valence-corrected chi connectivity index (χ4v) is 2.27. The largest absolute Gasteiger partial charge is 0.299 e. The van der Waals surface area contributed by atoms with Gasteiger partial charge in [0.1, 0.15) is 0 Å². The quantitative estimate of drug-likeness (QED) is 0.758. The summed E-state index contributed by atoms with van der Waals surface area (Å²) in [6.45, 7) is 8.19. The monoisotopic (exact) mass is 229 g/mol. The zero-order valence-corrected chi connectivity index (χ0v) is 11.0. The summed E-state index contributed by atoms with van der Waals surface area (Å²) in [5, 5.41) is 0. The van der Waals surface area contributed by atoms with Crippen molar-refractivity contribution in [2.24, 2.45) is 5.92 Å². The maximum Gasteiger partial charge on any atom is 0.0169 e. The Morgan fingerprint density at radius 3 is 2.53 bits per heavy atom. The molecule has 0 N–H and O–H groups in total. The van der Waals surface area contributed by atoms with Crippen LogP contribution < -0.4 is 0 Å². The van der Waals surface area contributed by atoms with Gasteiger partial charge in [0.15, 0.2) is 0 Å². The highest BCUT2D eigenvalue weighted by Crippen LogP contribution is 2.22. The van der Waals surface area contributed by atoms with Crippen molar-refractivity contribution in [1.82, 2.24) is 4.90 Å². The van der Waals surface area contributed by atoms with E-state index in [4.69, 9.17) is 0 Å². The van der Waals surface area contributed by atoms with Gasteiger partial charge in [0.25, 0.3) is 0 Å². The van der Waals surface area contributed by atoms with Crippen molar-refractivity contribution >= 4 is 5.57 Å². The topological polar surface area (TPSA) is 3.24 Å². The van der Waals surface area contributed by atoms with E-state index in [0.717, 1.165) is 12.5 Å². The van der Waals surface area contributed by atoms with E-state index in [9.17, 15) is 0 Å². The third-order valence-electron chi connectivity index (χ3n) is 3.46. The summed E-state index contributed by atoms with van der Waals surface area (Å²) in [6.07, 6.45) is 4.91. The van der Waals surface area contributed by atoms with Gasteiger partial charge in [-0.2, -0.15) is 0 Å². The van der Waals surface area contributed by atoms with Crippen LogP contribution in [0.1, 0.15) is 32.3 Å². The van der Waals surface area contributed by atoms with E-state index < -0.39 is 0 Å². The Morgan fingerprint density at radius 1 is 1.18 bits per heavy atom. The van der Waals surface area contributed by atoms with Crippen LogP contribution in [0.5, 0.6) is 0 Å². The number of nitrogens with zero attached hydrogens (tertiary/aromatic N) is 1. The molecular weight excluding hydrogens is 206 g/mol. The zero-order chi connectivity index (χ0) is 12.1. The second-order valence-electron chi connectivity index (χ2n) is 5.33. The highest BCUT2D eigenvalue weighted by molar-refractivity contribution is 5.66. The minimum absolute atomic E-state index is 0.814. The molecule has 0 aromatic heterocycles. The van der Waals surface area contributed by atoms with E-state index in [0.29, 0.717) is 0 Å². The molecule has 0 amide bonds. The van der Waals surface area contributed by atoms with Gasteiger partial charge < -0.3 is 0 Å². The second-order valence-corrected chi connectivity index (χ2v) is 5.33. The lowest BCUT2D eigenvalue weighted by Crippen LogP contribution is -2.30. The van der Waals surface area contributed by atoms with E-state index in [1.807, 2.05) is 0 Å². The lowest BCUT2D eigenvalue weighted by Gasteiger charge is -2.27. The lowest BCUT2D eigenvalue weighted by atomic mass is 9.99. The maximum atomic E-state index is 2.56. The Labute approximate surface area is 105 Å². The summed E-state index contributed by atoms with van der Waals surface area (Å²) in [4.78, 5) is 2.56. The molecule has 1 heteroatoms. The van der Waals surface area contributed by atoms with Gasteiger partial charge in [-0.3, -0.25) is 4.90 Å². The van der Waals surface area contributed by atoms with Gasteiger partial charge in [-0.1, -0.05) is 50.3 Å². The third-order valence-corrected chi connectivity index (χ3v) is 3.46. The molecule has 0 unspecified atom stereocenters. The van der Waals surface area contributed by atoms with Crippen LogP contribution in [0.15, 0.2) is 36.4 Å². The molecule has 1 aliphatic rings. The van der Waals surface area contributed by atoms with E-state index in [1.54, 1.807) is 0 Å². The summed E-state index contributed by atoms with van der Waals surface area (Å²) in [7, 11) is 0. The predicted octanol–water partition coefficient (Wildman–Crippen LogP) is 3.82. The van der Waals surface area contributed by atoms with Crippen molar-refractivity contribution in [2.45, 2.75) is 26.7 Å². The average molecular weight is 229 g/mol. The van der Waals surface area contributed by atoms with E-state index in [2.05, 4.69) is 55.2 Å². The van der Waals surface area contributed by atoms with Gasteiger partial charge in [0, 0.05) is 13.1 Å². The van der Waals surface area contributed by atoms with Crippen LogP contribution in [0.3, 0.4) is 0 Å². The number of hydrogen-bond acceptors (Lipinski definition) is 1. The molecule has 92 valence electrons. The first-order chi connectivity index (χ1) is 8.25. The highest BCUT2D eigenvalue weighted by atomic mass is 15.1. The average Bonchev–Trinajstić information content (AvgIpc) is 2.38.